The van der Waals surface area contributed by atoms with Crippen molar-refractivity contribution >= 4 is 63.0 Å². The van der Waals surface area contributed by atoms with Gasteiger partial charge in [0.1, 0.15) is 0 Å². The summed E-state index contributed by atoms with van der Waals surface area (Å²) in [5, 5.41) is 15.2. The maximum absolute atomic E-state index is 12.0. The number of thioether (sulfide) groups is 1. The highest BCUT2D eigenvalue weighted by molar-refractivity contribution is 8.01. The molecule has 0 radical (unpaired) electrons. The first-order chi connectivity index (χ1) is 11.1. The predicted octanol–water partition coefficient (Wildman–Crippen LogP) is 3.63. The number of ether oxygens (including phenoxy) is 1. The molecule has 23 heavy (non-hydrogen) atoms. The molecule has 10 heteroatoms. The van der Waals surface area contributed by atoms with Crippen LogP contribution in [0.3, 0.4) is 0 Å². The molecule has 1 heterocycles. The Morgan fingerprint density at radius 1 is 1.39 bits per heavy atom. The van der Waals surface area contributed by atoms with Crippen molar-refractivity contribution in [1.82, 2.24) is 10.2 Å². The van der Waals surface area contributed by atoms with Gasteiger partial charge in [-0.3, -0.25) is 4.79 Å². The lowest BCUT2D eigenvalue weighted by Crippen LogP contribution is -2.14. The van der Waals surface area contributed by atoms with E-state index in [0.717, 1.165) is 0 Å². The number of amides is 1. The standard InChI is InChI=1S/C13H14Cl2N4O2S2/c1-21-6-5-16-12-18-19-13(23-12)22-7-10(20)17-9-4-2-3-8(14)11(9)15/h2-4H,5-7H2,1H3,(H,16,18)(H,17,20). The van der Waals surface area contributed by atoms with Crippen LogP contribution >= 0.6 is 46.3 Å². The van der Waals surface area contributed by atoms with E-state index >= 15 is 0 Å². The number of hydrogen-bond donors (Lipinski definition) is 2. The number of rotatable bonds is 8. The van der Waals surface area contributed by atoms with Crippen molar-refractivity contribution in [2.75, 3.05) is 36.6 Å². The average Bonchev–Trinajstić information content (AvgIpc) is 2.98. The molecule has 1 aromatic carbocycles. The lowest BCUT2D eigenvalue weighted by molar-refractivity contribution is -0.113. The second-order valence-electron chi connectivity index (χ2n) is 4.23. The van der Waals surface area contributed by atoms with E-state index in [2.05, 4.69) is 20.8 Å². The number of carbonyl (C=O) groups excluding carboxylic acids is 1. The highest BCUT2D eigenvalue weighted by atomic mass is 35.5. The van der Waals surface area contributed by atoms with E-state index in [1.54, 1.807) is 25.3 Å². The molecule has 0 atom stereocenters. The third kappa shape index (κ3) is 5.82. The first-order valence-electron chi connectivity index (χ1n) is 6.53. The first-order valence-corrected chi connectivity index (χ1v) is 9.09. The molecule has 0 saturated carbocycles. The van der Waals surface area contributed by atoms with Gasteiger partial charge in [0.05, 0.1) is 28.1 Å². The van der Waals surface area contributed by atoms with Gasteiger partial charge in [-0.25, -0.2) is 0 Å². The van der Waals surface area contributed by atoms with E-state index in [9.17, 15) is 4.79 Å². The number of aromatic nitrogens is 2. The van der Waals surface area contributed by atoms with Gasteiger partial charge in [0.15, 0.2) is 4.34 Å². The fourth-order valence-electron chi connectivity index (χ4n) is 1.51. The number of nitrogens with one attached hydrogen (secondary N) is 2. The second-order valence-corrected chi connectivity index (χ2v) is 7.22. The number of benzene rings is 1. The van der Waals surface area contributed by atoms with Gasteiger partial charge in [0.25, 0.3) is 0 Å². The smallest absolute Gasteiger partial charge is 0.234 e. The summed E-state index contributed by atoms with van der Waals surface area (Å²) in [6.07, 6.45) is 0. The van der Waals surface area contributed by atoms with E-state index in [1.807, 2.05) is 0 Å². The van der Waals surface area contributed by atoms with Crippen molar-refractivity contribution in [3.8, 4) is 0 Å². The lowest BCUT2D eigenvalue weighted by Gasteiger charge is -2.07. The van der Waals surface area contributed by atoms with Crippen LogP contribution in [0, 0.1) is 0 Å². The van der Waals surface area contributed by atoms with Crippen molar-refractivity contribution in [3.05, 3.63) is 28.2 Å². The van der Waals surface area contributed by atoms with Gasteiger partial charge in [-0.1, -0.05) is 52.4 Å². The van der Waals surface area contributed by atoms with Crippen molar-refractivity contribution in [3.63, 3.8) is 0 Å². The second kappa shape index (κ2) is 9.29. The number of nitrogens with zero attached hydrogens (tertiary/aromatic N) is 2. The maximum atomic E-state index is 12.0. The van der Waals surface area contributed by atoms with Gasteiger partial charge < -0.3 is 15.4 Å². The summed E-state index contributed by atoms with van der Waals surface area (Å²) in [5.74, 6) is 0.0125. The molecule has 1 aromatic heterocycles. The fourth-order valence-corrected chi connectivity index (χ4v) is 3.44. The van der Waals surface area contributed by atoms with E-state index in [4.69, 9.17) is 27.9 Å². The van der Waals surface area contributed by atoms with Gasteiger partial charge in [0, 0.05) is 13.7 Å². The Labute approximate surface area is 151 Å². The number of anilines is 2. The topological polar surface area (TPSA) is 76.1 Å². The normalized spacial score (nSPS) is 10.6. The first kappa shape index (κ1) is 18.3. The lowest BCUT2D eigenvalue weighted by atomic mass is 10.3. The molecular formula is C13H14Cl2N4O2S2. The largest absolute Gasteiger partial charge is 0.383 e. The van der Waals surface area contributed by atoms with Gasteiger partial charge in [-0.15, -0.1) is 10.2 Å². The molecule has 0 aliphatic heterocycles. The molecule has 2 rings (SSSR count). The molecule has 0 aliphatic rings. The van der Waals surface area contributed by atoms with E-state index in [-0.39, 0.29) is 11.7 Å². The molecule has 124 valence electrons. The Morgan fingerprint density at radius 3 is 3.00 bits per heavy atom. The predicted molar refractivity (Wildman–Crippen MR) is 96.1 cm³/mol. The molecule has 0 spiro atoms. The summed E-state index contributed by atoms with van der Waals surface area (Å²) >= 11 is 14.6. The Hall–Kier alpha value is -1.06. The van der Waals surface area contributed by atoms with Gasteiger partial charge in [-0.05, 0) is 12.1 Å². The van der Waals surface area contributed by atoms with E-state index in [1.165, 1.54) is 23.1 Å². The monoisotopic (exact) mass is 392 g/mol. The van der Waals surface area contributed by atoms with Gasteiger partial charge in [-0.2, -0.15) is 0 Å². The molecular weight excluding hydrogens is 379 g/mol. The molecule has 2 aromatic rings. The van der Waals surface area contributed by atoms with Gasteiger partial charge >= 0.3 is 0 Å². The molecule has 1 amide bonds. The average molecular weight is 393 g/mol. The zero-order valence-corrected chi connectivity index (χ0v) is 15.3. The Bertz CT molecular complexity index is 669. The molecule has 0 bridgehead atoms. The van der Waals surface area contributed by atoms with Crippen LogP contribution in [0.5, 0.6) is 0 Å². The maximum Gasteiger partial charge on any atom is 0.234 e. The van der Waals surface area contributed by atoms with Crippen LogP contribution in [0.25, 0.3) is 0 Å². The third-order valence-electron chi connectivity index (χ3n) is 2.54. The minimum Gasteiger partial charge on any atom is -0.383 e. The SMILES string of the molecule is COCCNc1nnc(SCC(=O)Nc2cccc(Cl)c2Cl)s1. The minimum atomic E-state index is -0.191. The number of halogens is 2. The summed E-state index contributed by atoms with van der Waals surface area (Å²) < 4.78 is 5.65. The summed E-state index contributed by atoms with van der Waals surface area (Å²) in [5.41, 5.74) is 0.490. The van der Waals surface area contributed by atoms with Crippen LogP contribution in [0.1, 0.15) is 0 Å². The molecule has 0 unspecified atom stereocenters. The van der Waals surface area contributed by atoms with E-state index in [0.29, 0.717) is 38.4 Å². The Balaban J connectivity index is 1.81. The summed E-state index contributed by atoms with van der Waals surface area (Å²) in [6.45, 7) is 1.24. The van der Waals surface area contributed by atoms with Crippen LogP contribution < -0.4 is 10.6 Å². The van der Waals surface area contributed by atoms with E-state index < -0.39 is 0 Å². The highest BCUT2D eigenvalue weighted by Gasteiger charge is 2.11. The number of carbonyl (C=O) groups is 1. The quantitative estimate of drug-likeness (QED) is 0.527. The summed E-state index contributed by atoms with van der Waals surface area (Å²) in [7, 11) is 1.63. The minimum absolute atomic E-state index is 0.191. The highest BCUT2D eigenvalue weighted by Crippen LogP contribution is 2.30. The third-order valence-corrected chi connectivity index (χ3v) is 5.37. The Morgan fingerprint density at radius 2 is 2.22 bits per heavy atom. The zero-order valence-electron chi connectivity index (χ0n) is 12.1. The number of hydrogen-bond acceptors (Lipinski definition) is 7. The van der Waals surface area contributed by atoms with Crippen molar-refractivity contribution < 1.29 is 9.53 Å². The number of methoxy groups -OCH3 is 1. The van der Waals surface area contributed by atoms with Crippen molar-refractivity contribution in [2.24, 2.45) is 0 Å². The van der Waals surface area contributed by atoms with Crippen LogP contribution in [0.2, 0.25) is 10.0 Å². The Kier molecular flexibility index (Phi) is 7.38. The molecule has 2 N–H and O–H groups in total. The van der Waals surface area contributed by atoms with Crippen LogP contribution in [-0.2, 0) is 9.53 Å². The fraction of sp³-hybridized carbons (Fsp3) is 0.308. The molecule has 0 fully saturated rings. The van der Waals surface area contributed by atoms with Crippen molar-refractivity contribution in [1.29, 1.82) is 0 Å². The molecule has 6 nitrogen and oxygen atoms in total. The van der Waals surface area contributed by atoms with Gasteiger partial charge in [0.2, 0.25) is 11.0 Å². The summed E-state index contributed by atoms with van der Waals surface area (Å²) in [4.78, 5) is 12.0. The molecule has 0 saturated heterocycles. The van der Waals surface area contributed by atoms with Crippen molar-refractivity contribution in [2.45, 2.75) is 4.34 Å². The van der Waals surface area contributed by atoms with Crippen LogP contribution in [-0.4, -0.2) is 42.1 Å². The zero-order chi connectivity index (χ0) is 16.7. The van der Waals surface area contributed by atoms with Crippen LogP contribution in [0.15, 0.2) is 22.5 Å². The molecule has 0 aliphatic carbocycles. The van der Waals surface area contributed by atoms with Crippen LogP contribution in [0.4, 0.5) is 10.8 Å². The summed E-state index contributed by atoms with van der Waals surface area (Å²) in [6, 6.07) is 5.08.